The van der Waals surface area contributed by atoms with E-state index in [2.05, 4.69) is 20.5 Å². The smallest absolute Gasteiger partial charge is 0.231 e. The van der Waals surface area contributed by atoms with E-state index in [1.54, 1.807) is 23.7 Å². The summed E-state index contributed by atoms with van der Waals surface area (Å²) in [7, 11) is 0. The second-order valence-electron chi connectivity index (χ2n) is 5.44. The van der Waals surface area contributed by atoms with Crippen molar-refractivity contribution < 1.29 is 14.0 Å². The summed E-state index contributed by atoms with van der Waals surface area (Å²) in [6.07, 6.45) is 1.64. The third-order valence-electron chi connectivity index (χ3n) is 3.93. The number of hydrogen-bond acceptors (Lipinski definition) is 5. The van der Waals surface area contributed by atoms with Crippen LogP contribution >= 0.6 is 11.3 Å². The molecular weight excluding hydrogens is 333 g/mol. The van der Waals surface area contributed by atoms with Crippen LogP contribution in [0, 0.1) is 11.7 Å². The van der Waals surface area contributed by atoms with Gasteiger partial charge >= 0.3 is 0 Å². The maximum atomic E-state index is 14.1. The molecule has 0 spiro atoms. The van der Waals surface area contributed by atoms with Crippen LogP contribution in [0.4, 0.5) is 15.3 Å². The number of amides is 2. The average Bonchev–Trinajstić information content (AvgIpc) is 3.27. The monoisotopic (exact) mass is 345 g/mol. The lowest BCUT2D eigenvalue weighted by molar-refractivity contribution is -0.122. The lowest BCUT2D eigenvalue weighted by atomic mass is 10.1. The third-order valence-corrected chi connectivity index (χ3v) is 4.62. The molecule has 1 atom stereocenters. The molecule has 1 fully saturated rings. The molecule has 0 aliphatic carbocycles. The van der Waals surface area contributed by atoms with Gasteiger partial charge in [-0.15, -0.1) is 11.3 Å². The highest BCUT2D eigenvalue weighted by Crippen LogP contribution is 2.31. The molecule has 122 valence electrons. The van der Waals surface area contributed by atoms with E-state index in [1.165, 1.54) is 22.3 Å². The number of aromatic amines is 1. The molecule has 2 N–H and O–H groups in total. The molecule has 9 heteroatoms. The minimum Gasteiger partial charge on any atom is -0.302 e. The molecule has 1 aliphatic heterocycles. The summed E-state index contributed by atoms with van der Waals surface area (Å²) in [5.74, 6) is -1.30. The van der Waals surface area contributed by atoms with Crippen molar-refractivity contribution in [2.75, 3.05) is 16.8 Å². The summed E-state index contributed by atoms with van der Waals surface area (Å²) in [6.45, 7) is 0.157. The number of benzene rings is 1. The van der Waals surface area contributed by atoms with Gasteiger partial charge in [0.25, 0.3) is 0 Å². The Morgan fingerprint density at radius 1 is 1.46 bits per heavy atom. The molecule has 4 rings (SSSR count). The quantitative estimate of drug-likeness (QED) is 0.761. The highest BCUT2D eigenvalue weighted by atomic mass is 32.1. The van der Waals surface area contributed by atoms with Crippen molar-refractivity contribution in [2.24, 2.45) is 5.92 Å². The predicted molar refractivity (Wildman–Crippen MR) is 87.3 cm³/mol. The van der Waals surface area contributed by atoms with Crippen LogP contribution in [0.15, 0.2) is 29.8 Å². The summed E-state index contributed by atoms with van der Waals surface area (Å²) >= 11 is 1.30. The van der Waals surface area contributed by atoms with Crippen molar-refractivity contribution in [3.63, 3.8) is 0 Å². The first-order valence-corrected chi connectivity index (χ1v) is 8.15. The fourth-order valence-corrected chi connectivity index (χ4v) is 3.32. The number of fused-ring (bicyclic) bond motifs is 1. The van der Waals surface area contributed by atoms with Gasteiger partial charge in [-0.3, -0.25) is 19.6 Å². The number of hydrogen-bond donors (Lipinski definition) is 2. The summed E-state index contributed by atoms with van der Waals surface area (Å²) in [5.41, 5.74) is 0.508. The van der Waals surface area contributed by atoms with Gasteiger partial charge in [-0.1, -0.05) is 6.07 Å². The first-order valence-electron chi connectivity index (χ1n) is 7.27. The normalized spacial score (nSPS) is 17.6. The predicted octanol–water partition coefficient (Wildman–Crippen LogP) is 2.15. The van der Waals surface area contributed by atoms with E-state index < -0.39 is 11.7 Å². The maximum absolute atomic E-state index is 14.1. The van der Waals surface area contributed by atoms with Crippen molar-refractivity contribution in [3.8, 4) is 0 Å². The second-order valence-corrected chi connectivity index (χ2v) is 6.34. The third kappa shape index (κ3) is 2.42. The van der Waals surface area contributed by atoms with Crippen molar-refractivity contribution in [1.82, 2.24) is 15.2 Å². The van der Waals surface area contributed by atoms with Crippen LogP contribution in [0.2, 0.25) is 0 Å². The average molecular weight is 345 g/mol. The second kappa shape index (κ2) is 5.68. The molecule has 7 nitrogen and oxygen atoms in total. The van der Waals surface area contributed by atoms with Crippen molar-refractivity contribution in [1.29, 1.82) is 0 Å². The minimum absolute atomic E-state index is 0.0556. The van der Waals surface area contributed by atoms with E-state index in [0.717, 1.165) is 0 Å². The first-order chi connectivity index (χ1) is 11.6. The lowest BCUT2D eigenvalue weighted by Crippen LogP contribution is -2.28. The van der Waals surface area contributed by atoms with Gasteiger partial charge in [0.05, 0.1) is 16.8 Å². The maximum Gasteiger partial charge on any atom is 0.231 e. The first kappa shape index (κ1) is 14.8. The number of anilines is 2. The number of carbonyl (C=O) groups excluding carboxylic acids is 2. The van der Waals surface area contributed by atoms with E-state index in [0.29, 0.717) is 10.6 Å². The molecule has 1 saturated heterocycles. The Morgan fingerprint density at radius 2 is 2.33 bits per heavy atom. The molecule has 24 heavy (non-hydrogen) atoms. The van der Waals surface area contributed by atoms with Gasteiger partial charge in [0.2, 0.25) is 11.8 Å². The topological polar surface area (TPSA) is 91.0 Å². The number of halogens is 1. The van der Waals surface area contributed by atoms with Gasteiger partial charge in [0, 0.05) is 24.5 Å². The number of rotatable bonds is 3. The van der Waals surface area contributed by atoms with E-state index in [4.69, 9.17) is 0 Å². The van der Waals surface area contributed by atoms with Crippen molar-refractivity contribution in [3.05, 3.63) is 35.6 Å². The van der Waals surface area contributed by atoms with E-state index in [1.807, 2.05) is 0 Å². The molecular formula is C15H12FN5O2S. The van der Waals surface area contributed by atoms with E-state index in [9.17, 15) is 14.0 Å². The zero-order chi connectivity index (χ0) is 16.7. The van der Waals surface area contributed by atoms with Crippen LogP contribution < -0.4 is 10.2 Å². The van der Waals surface area contributed by atoms with Crippen LogP contribution in [-0.2, 0) is 9.59 Å². The highest BCUT2D eigenvalue weighted by Gasteiger charge is 2.37. The molecule has 1 aromatic carbocycles. The molecule has 1 aliphatic rings. The zero-order valence-electron chi connectivity index (χ0n) is 12.3. The van der Waals surface area contributed by atoms with Gasteiger partial charge in [0.15, 0.2) is 10.9 Å². The van der Waals surface area contributed by atoms with E-state index >= 15 is 0 Å². The number of nitrogens with one attached hydrogen (secondary N) is 2. The van der Waals surface area contributed by atoms with E-state index in [-0.39, 0.29) is 36.0 Å². The Bertz CT molecular complexity index is 923. The fourth-order valence-electron chi connectivity index (χ4n) is 2.79. The van der Waals surface area contributed by atoms with Crippen LogP contribution in [-0.4, -0.2) is 33.5 Å². The van der Waals surface area contributed by atoms with Crippen LogP contribution in [0.5, 0.6) is 0 Å². The molecule has 0 radical (unpaired) electrons. The SMILES string of the molecule is O=C(Nc1nccs1)[C@@H]1CC(=O)N(c2n[nH]c3cccc(F)c23)C1. The summed E-state index contributed by atoms with van der Waals surface area (Å²) in [5, 5.41) is 12.0. The molecule has 0 unspecified atom stereocenters. The Kier molecular flexibility index (Phi) is 3.49. The van der Waals surface area contributed by atoms with Crippen molar-refractivity contribution >= 4 is 45.0 Å². The lowest BCUT2D eigenvalue weighted by Gasteiger charge is -2.14. The summed E-state index contributed by atoms with van der Waals surface area (Å²) < 4.78 is 14.1. The molecule has 2 amide bonds. The summed E-state index contributed by atoms with van der Waals surface area (Å²) in [6, 6.07) is 4.56. The Balaban J connectivity index is 1.58. The molecule has 3 heterocycles. The van der Waals surface area contributed by atoms with Gasteiger partial charge in [-0.2, -0.15) is 5.10 Å². The number of aromatic nitrogens is 3. The Labute approximate surface area is 139 Å². The zero-order valence-corrected chi connectivity index (χ0v) is 13.1. The van der Waals surface area contributed by atoms with Gasteiger partial charge in [-0.05, 0) is 12.1 Å². The van der Waals surface area contributed by atoms with Gasteiger partial charge < -0.3 is 5.32 Å². The number of H-pyrrole nitrogens is 1. The highest BCUT2D eigenvalue weighted by molar-refractivity contribution is 7.13. The Morgan fingerprint density at radius 3 is 3.12 bits per heavy atom. The molecule has 0 saturated carbocycles. The van der Waals surface area contributed by atoms with Crippen LogP contribution in [0.3, 0.4) is 0 Å². The van der Waals surface area contributed by atoms with Gasteiger partial charge in [-0.25, -0.2) is 9.37 Å². The summed E-state index contributed by atoms with van der Waals surface area (Å²) in [4.78, 5) is 29.9. The van der Waals surface area contributed by atoms with Crippen molar-refractivity contribution in [2.45, 2.75) is 6.42 Å². The molecule has 0 bridgehead atoms. The Hall–Kier alpha value is -2.81. The van der Waals surface area contributed by atoms with Crippen LogP contribution in [0.1, 0.15) is 6.42 Å². The standard InChI is InChI=1S/C15H12FN5O2S/c16-9-2-1-3-10-12(9)13(20-19-10)21-7-8(6-11(21)22)14(23)18-15-17-4-5-24-15/h1-5,8H,6-7H2,(H,19,20)(H,17,18,23)/t8-/m1/s1. The molecule has 2 aromatic heterocycles. The van der Waals surface area contributed by atoms with Gasteiger partial charge in [0.1, 0.15) is 5.82 Å². The number of carbonyl (C=O) groups is 2. The van der Waals surface area contributed by atoms with Crippen LogP contribution in [0.25, 0.3) is 10.9 Å². The minimum atomic E-state index is -0.528. The fraction of sp³-hybridized carbons (Fsp3) is 0.200. The largest absolute Gasteiger partial charge is 0.302 e. The molecule has 3 aromatic rings. The number of nitrogens with zero attached hydrogens (tertiary/aromatic N) is 3. The number of thiazole rings is 1.